The van der Waals surface area contributed by atoms with Crippen LogP contribution in [0.4, 0.5) is 0 Å². The first-order valence-electron chi connectivity index (χ1n) is 11.5. The Morgan fingerprint density at radius 3 is 2.19 bits per heavy atom. The van der Waals surface area contributed by atoms with Gasteiger partial charge in [-0.15, -0.1) is 24.0 Å². The van der Waals surface area contributed by atoms with Gasteiger partial charge in [-0.3, -0.25) is 14.6 Å². The molecule has 2 N–H and O–H groups in total. The first-order chi connectivity index (χ1) is 14.5. The standard InChI is InChI=1S/C22H43N5O3.HI/c1-5-23-22(25-12-9-17-30-4)24-11-8-6-7-10-20(28)26-13-15-27(16-14-26)21(29)18-19(2)3;/h19H,5-18H2,1-4H3,(H2,23,24,25);1H. The van der Waals surface area contributed by atoms with Gasteiger partial charge in [0.05, 0.1) is 0 Å². The molecule has 1 aliphatic rings. The topological polar surface area (TPSA) is 86.3 Å². The van der Waals surface area contributed by atoms with Gasteiger partial charge in [0.15, 0.2) is 5.96 Å². The average Bonchev–Trinajstić information content (AvgIpc) is 2.73. The summed E-state index contributed by atoms with van der Waals surface area (Å²) in [6.07, 6.45) is 5.01. The largest absolute Gasteiger partial charge is 0.385 e. The van der Waals surface area contributed by atoms with Gasteiger partial charge in [-0.05, 0) is 32.1 Å². The third kappa shape index (κ3) is 13.8. The monoisotopic (exact) mass is 553 g/mol. The number of aliphatic imine (C=N–C) groups is 1. The first-order valence-corrected chi connectivity index (χ1v) is 11.5. The second-order valence-corrected chi connectivity index (χ2v) is 8.20. The van der Waals surface area contributed by atoms with Crippen molar-refractivity contribution >= 4 is 41.8 Å². The molecule has 1 aliphatic heterocycles. The van der Waals surface area contributed by atoms with Crippen LogP contribution in [-0.2, 0) is 14.3 Å². The summed E-state index contributed by atoms with van der Waals surface area (Å²) < 4.78 is 5.04. The molecule has 0 aromatic carbocycles. The van der Waals surface area contributed by atoms with Crippen LogP contribution in [-0.4, -0.2) is 87.1 Å². The average molecular weight is 554 g/mol. The van der Waals surface area contributed by atoms with Gasteiger partial charge in [0.2, 0.25) is 11.8 Å². The lowest BCUT2D eigenvalue weighted by molar-refractivity contribution is -0.140. The summed E-state index contributed by atoms with van der Waals surface area (Å²) in [6.45, 7) is 12.0. The molecule has 0 saturated carbocycles. The third-order valence-electron chi connectivity index (χ3n) is 5.05. The SMILES string of the molecule is CCNC(=NCCCOC)NCCCCCC(=O)N1CCN(C(=O)CC(C)C)CC1.I. The van der Waals surface area contributed by atoms with Crippen LogP contribution >= 0.6 is 24.0 Å². The Morgan fingerprint density at radius 2 is 1.61 bits per heavy atom. The maximum Gasteiger partial charge on any atom is 0.222 e. The van der Waals surface area contributed by atoms with Crippen molar-refractivity contribution in [2.24, 2.45) is 10.9 Å². The van der Waals surface area contributed by atoms with E-state index in [0.29, 0.717) is 44.9 Å². The smallest absolute Gasteiger partial charge is 0.222 e. The molecule has 0 atom stereocenters. The lowest BCUT2D eigenvalue weighted by Crippen LogP contribution is -2.50. The summed E-state index contributed by atoms with van der Waals surface area (Å²) >= 11 is 0. The molecule has 0 aliphatic carbocycles. The zero-order valence-electron chi connectivity index (χ0n) is 20.0. The maximum absolute atomic E-state index is 12.4. The number of guanidine groups is 1. The number of piperazine rings is 1. The molecule has 0 bridgehead atoms. The van der Waals surface area contributed by atoms with Crippen molar-refractivity contribution in [1.29, 1.82) is 0 Å². The molecule has 182 valence electrons. The molecule has 0 radical (unpaired) electrons. The summed E-state index contributed by atoms with van der Waals surface area (Å²) in [5.41, 5.74) is 0. The van der Waals surface area contributed by atoms with Gasteiger partial charge in [-0.1, -0.05) is 20.3 Å². The van der Waals surface area contributed by atoms with Crippen molar-refractivity contribution in [3.05, 3.63) is 0 Å². The van der Waals surface area contributed by atoms with Crippen LogP contribution < -0.4 is 10.6 Å². The highest BCUT2D eigenvalue weighted by molar-refractivity contribution is 14.0. The van der Waals surface area contributed by atoms with Gasteiger partial charge in [0.25, 0.3) is 0 Å². The number of rotatable bonds is 13. The number of carbonyl (C=O) groups is 2. The number of ether oxygens (including phenoxy) is 1. The highest BCUT2D eigenvalue weighted by Gasteiger charge is 2.23. The summed E-state index contributed by atoms with van der Waals surface area (Å²) in [5, 5.41) is 6.59. The Morgan fingerprint density at radius 1 is 0.968 bits per heavy atom. The summed E-state index contributed by atoms with van der Waals surface area (Å²) in [7, 11) is 1.70. The molecule has 0 unspecified atom stereocenters. The molecule has 8 nitrogen and oxygen atoms in total. The van der Waals surface area contributed by atoms with Crippen LogP contribution in [0.5, 0.6) is 0 Å². The van der Waals surface area contributed by atoms with Gasteiger partial charge in [-0.2, -0.15) is 0 Å². The van der Waals surface area contributed by atoms with E-state index >= 15 is 0 Å². The van der Waals surface area contributed by atoms with Crippen LogP contribution in [0.2, 0.25) is 0 Å². The number of nitrogens with one attached hydrogen (secondary N) is 2. The van der Waals surface area contributed by atoms with E-state index in [2.05, 4.69) is 36.4 Å². The van der Waals surface area contributed by atoms with Crippen molar-refractivity contribution < 1.29 is 14.3 Å². The Labute approximate surface area is 205 Å². The highest BCUT2D eigenvalue weighted by atomic mass is 127. The Hall–Kier alpha value is -1.10. The van der Waals surface area contributed by atoms with Crippen molar-refractivity contribution in [2.75, 3.05) is 59.5 Å². The molecule has 2 amide bonds. The zero-order chi connectivity index (χ0) is 22.2. The fraction of sp³-hybridized carbons (Fsp3) is 0.864. The van der Waals surface area contributed by atoms with Crippen molar-refractivity contribution in [3.8, 4) is 0 Å². The van der Waals surface area contributed by atoms with Gasteiger partial charge < -0.3 is 25.2 Å². The molecule has 1 rings (SSSR count). The second kappa shape index (κ2) is 18.5. The highest BCUT2D eigenvalue weighted by Crippen LogP contribution is 2.10. The van der Waals surface area contributed by atoms with Gasteiger partial charge in [-0.25, -0.2) is 0 Å². The van der Waals surface area contributed by atoms with E-state index in [-0.39, 0.29) is 35.8 Å². The lowest BCUT2D eigenvalue weighted by atomic mass is 10.1. The van der Waals surface area contributed by atoms with Crippen LogP contribution in [0.25, 0.3) is 0 Å². The number of carbonyl (C=O) groups excluding carboxylic acids is 2. The fourth-order valence-corrected chi connectivity index (χ4v) is 3.37. The molecule has 0 spiro atoms. The molecule has 31 heavy (non-hydrogen) atoms. The first kappa shape index (κ1) is 29.9. The third-order valence-corrected chi connectivity index (χ3v) is 5.05. The van der Waals surface area contributed by atoms with Crippen molar-refractivity contribution in [2.45, 2.75) is 59.3 Å². The van der Waals surface area contributed by atoms with E-state index in [0.717, 1.165) is 57.9 Å². The quantitative estimate of drug-likeness (QED) is 0.159. The minimum Gasteiger partial charge on any atom is -0.385 e. The summed E-state index contributed by atoms with van der Waals surface area (Å²) in [6, 6.07) is 0. The summed E-state index contributed by atoms with van der Waals surface area (Å²) in [4.78, 5) is 32.9. The summed E-state index contributed by atoms with van der Waals surface area (Å²) in [5.74, 6) is 1.65. The number of hydrogen-bond acceptors (Lipinski definition) is 4. The molecular weight excluding hydrogens is 509 g/mol. The van der Waals surface area contributed by atoms with E-state index in [9.17, 15) is 9.59 Å². The number of nitrogens with zero attached hydrogens (tertiary/aromatic N) is 3. The van der Waals surface area contributed by atoms with E-state index in [1.54, 1.807) is 7.11 Å². The van der Waals surface area contributed by atoms with Gasteiger partial charge in [0, 0.05) is 72.4 Å². The predicted octanol–water partition coefficient (Wildman–Crippen LogP) is 2.47. The molecule has 9 heteroatoms. The van der Waals surface area contributed by atoms with E-state index in [1.807, 2.05) is 9.80 Å². The molecule has 1 saturated heterocycles. The van der Waals surface area contributed by atoms with Crippen LogP contribution in [0.3, 0.4) is 0 Å². The van der Waals surface area contributed by atoms with Gasteiger partial charge >= 0.3 is 0 Å². The number of unbranched alkanes of at least 4 members (excludes halogenated alkanes) is 2. The van der Waals surface area contributed by atoms with Crippen molar-refractivity contribution in [1.82, 2.24) is 20.4 Å². The van der Waals surface area contributed by atoms with Crippen LogP contribution in [0.15, 0.2) is 4.99 Å². The molecule has 1 heterocycles. The Bertz CT molecular complexity index is 523. The Balaban J connectivity index is 0.00000900. The van der Waals surface area contributed by atoms with Crippen molar-refractivity contribution in [3.63, 3.8) is 0 Å². The fourth-order valence-electron chi connectivity index (χ4n) is 3.37. The maximum atomic E-state index is 12.4. The van der Waals surface area contributed by atoms with E-state index < -0.39 is 0 Å². The number of methoxy groups -OCH3 is 1. The predicted molar refractivity (Wildman–Crippen MR) is 137 cm³/mol. The van der Waals surface area contributed by atoms with Crippen LogP contribution in [0, 0.1) is 5.92 Å². The lowest BCUT2D eigenvalue weighted by Gasteiger charge is -2.35. The van der Waals surface area contributed by atoms with E-state index in [1.165, 1.54) is 0 Å². The molecule has 0 aromatic rings. The second-order valence-electron chi connectivity index (χ2n) is 8.20. The van der Waals surface area contributed by atoms with E-state index in [4.69, 9.17) is 4.74 Å². The minimum atomic E-state index is 0. The molecular formula is C22H44IN5O3. The molecule has 0 aromatic heterocycles. The number of halogens is 1. The normalized spacial score (nSPS) is 14.4. The van der Waals surface area contributed by atoms with Crippen LogP contribution in [0.1, 0.15) is 59.3 Å². The number of amides is 2. The minimum absolute atomic E-state index is 0. The zero-order valence-corrected chi connectivity index (χ0v) is 22.3. The number of hydrogen-bond donors (Lipinski definition) is 2. The Kier molecular flexibility index (Phi) is 17.8. The molecule has 1 fully saturated rings. The van der Waals surface area contributed by atoms with Gasteiger partial charge in [0.1, 0.15) is 0 Å².